The standard InChI is InChI=1S/C27H23N3O6/c31-26(30-11-9-29(10-12-30)25-3-1-2-8-28-25)16-33-19-5-6-20-22(15-19)36-24(27(20)32)14-18-4-7-21-23(13-18)35-17-34-21/h1-8,13-15H,9-12,16-17H2. The Hall–Kier alpha value is -4.53. The average molecular weight is 485 g/mol. The molecule has 0 unspecified atom stereocenters. The van der Waals surface area contributed by atoms with Crippen LogP contribution in [0.2, 0.25) is 0 Å². The summed E-state index contributed by atoms with van der Waals surface area (Å²) in [6.45, 7) is 2.74. The molecule has 9 nitrogen and oxygen atoms in total. The van der Waals surface area contributed by atoms with Gasteiger partial charge in [-0.15, -0.1) is 0 Å². The number of carbonyl (C=O) groups excluding carboxylic acids is 2. The van der Waals surface area contributed by atoms with E-state index in [1.54, 1.807) is 47.5 Å². The van der Waals surface area contributed by atoms with Crippen molar-refractivity contribution >= 4 is 23.6 Å². The Bertz CT molecular complexity index is 1350. The second-order valence-corrected chi connectivity index (χ2v) is 8.55. The summed E-state index contributed by atoms with van der Waals surface area (Å²) in [4.78, 5) is 33.8. The maximum Gasteiger partial charge on any atom is 0.260 e. The highest BCUT2D eigenvalue weighted by Crippen LogP contribution is 2.37. The first-order valence-electron chi connectivity index (χ1n) is 11.7. The molecule has 1 fully saturated rings. The molecule has 3 aromatic rings. The lowest BCUT2D eigenvalue weighted by Gasteiger charge is -2.35. The van der Waals surface area contributed by atoms with Crippen LogP contribution in [0.1, 0.15) is 15.9 Å². The van der Waals surface area contributed by atoms with Gasteiger partial charge in [-0.25, -0.2) is 4.98 Å². The van der Waals surface area contributed by atoms with Gasteiger partial charge in [0.25, 0.3) is 5.91 Å². The van der Waals surface area contributed by atoms with Crippen LogP contribution >= 0.6 is 0 Å². The average Bonchev–Trinajstić information content (AvgIpc) is 3.51. The highest BCUT2D eigenvalue weighted by atomic mass is 16.7. The number of aromatic nitrogens is 1. The van der Waals surface area contributed by atoms with E-state index >= 15 is 0 Å². The summed E-state index contributed by atoms with van der Waals surface area (Å²) in [5.41, 5.74) is 1.21. The Morgan fingerprint density at radius 1 is 0.972 bits per heavy atom. The molecule has 0 aliphatic carbocycles. The molecule has 3 aliphatic rings. The minimum absolute atomic E-state index is 0.0865. The maximum absolute atomic E-state index is 12.8. The van der Waals surface area contributed by atoms with Crippen molar-refractivity contribution in [1.29, 1.82) is 0 Å². The highest BCUT2D eigenvalue weighted by molar-refractivity contribution is 6.14. The molecule has 36 heavy (non-hydrogen) atoms. The number of rotatable bonds is 5. The number of Topliss-reactive ketones (excluding diaryl/α,β-unsaturated/α-hetero) is 1. The van der Waals surface area contributed by atoms with Gasteiger partial charge in [0, 0.05) is 38.4 Å². The number of allylic oxidation sites excluding steroid dienone is 1. The van der Waals surface area contributed by atoms with E-state index in [1.807, 2.05) is 24.3 Å². The van der Waals surface area contributed by atoms with E-state index in [9.17, 15) is 9.59 Å². The van der Waals surface area contributed by atoms with Crippen LogP contribution in [0.3, 0.4) is 0 Å². The van der Waals surface area contributed by atoms with E-state index in [2.05, 4.69) is 9.88 Å². The molecule has 0 saturated carbocycles. The van der Waals surface area contributed by atoms with Crippen molar-refractivity contribution in [3.63, 3.8) is 0 Å². The van der Waals surface area contributed by atoms with Gasteiger partial charge in [0.2, 0.25) is 12.6 Å². The normalized spacial score (nSPS) is 17.2. The zero-order valence-electron chi connectivity index (χ0n) is 19.4. The molecule has 0 bridgehead atoms. The first kappa shape index (κ1) is 22.0. The molecule has 3 aliphatic heterocycles. The van der Waals surface area contributed by atoms with E-state index in [4.69, 9.17) is 18.9 Å². The maximum atomic E-state index is 12.8. The number of hydrogen-bond acceptors (Lipinski definition) is 8. The van der Waals surface area contributed by atoms with Crippen LogP contribution in [-0.4, -0.2) is 61.2 Å². The minimum atomic E-state index is -0.212. The van der Waals surface area contributed by atoms with Crippen molar-refractivity contribution < 1.29 is 28.5 Å². The molecule has 0 spiro atoms. The summed E-state index contributed by atoms with van der Waals surface area (Å²) >= 11 is 0. The van der Waals surface area contributed by atoms with Gasteiger partial charge in [-0.2, -0.15) is 0 Å². The summed E-state index contributed by atoms with van der Waals surface area (Å²) in [6.07, 6.45) is 3.43. The van der Waals surface area contributed by atoms with Crippen molar-refractivity contribution in [3.8, 4) is 23.0 Å². The summed E-state index contributed by atoms with van der Waals surface area (Å²) in [5.74, 6) is 3.00. The van der Waals surface area contributed by atoms with E-state index < -0.39 is 0 Å². The summed E-state index contributed by atoms with van der Waals surface area (Å²) < 4.78 is 22.3. The number of carbonyl (C=O) groups is 2. The molecule has 6 rings (SSSR count). The number of piperazine rings is 1. The van der Waals surface area contributed by atoms with Crippen LogP contribution in [-0.2, 0) is 4.79 Å². The van der Waals surface area contributed by atoms with Gasteiger partial charge in [-0.1, -0.05) is 12.1 Å². The largest absolute Gasteiger partial charge is 0.484 e. The van der Waals surface area contributed by atoms with Crippen molar-refractivity contribution in [1.82, 2.24) is 9.88 Å². The molecule has 1 amide bonds. The Morgan fingerprint density at radius 3 is 2.67 bits per heavy atom. The Balaban J connectivity index is 1.06. The lowest BCUT2D eigenvalue weighted by molar-refractivity contribution is -0.133. The number of benzene rings is 2. The first-order valence-corrected chi connectivity index (χ1v) is 11.7. The van der Waals surface area contributed by atoms with Crippen LogP contribution in [0, 0.1) is 0 Å². The van der Waals surface area contributed by atoms with E-state index in [1.165, 1.54) is 0 Å². The molecule has 0 radical (unpaired) electrons. The molecular weight excluding hydrogens is 462 g/mol. The minimum Gasteiger partial charge on any atom is -0.484 e. The number of fused-ring (bicyclic) bond motifs is 2. The molecule has 9 heteroatoms. The SMILES string of the molecule is O=C1C(=Cc2ccc3c(c2)OCO3)Oc2cc(OCC(=O)N3CCN(c4ccccn4)CC3)ccc21. The van der Waals surface area contributed by atoms with Gasteiger partial charge >= 0.3 is 0 Å². The van der Waals surface area contributed by atoms with Gasteiger partial charge in [0.05, 0.1) is 5.56 Å². The third-order valence-corrected chi connectivity index (χ3v) is 6.30. The monoisotopic (exact) mass is 485 g/mol. The number of amides is 1. The lowest BCUT2D eigenvalue weighted by atomic mass is 10.1. The fraction of sp³-hybridized carbons (Fsp3) is 0.222. The van der Waals surface area contributed by atoms with Gasteiger partial charge < -0.3 is 28.7 Å². The third-order valence-electron chi connectivity index (χ3n) is 6.30. The quantitative estimate of drug-likeness (QED) is 0.509. The Kier molecular flexibility index (Phi) is 5.65. The van der Waals surface area contributed by atoms with Crippen LogP contribution in [0.15, 0.2) is 66.6 Å². The fourth-order valence-corrected chi connectivity index (χ4v) is 4.37. The summed E-state index contributed by atoms with van der Waals surface area (Å²) in [6, 6.07) is 16.2. The molecule has 182 valence electrons. The predicted octanol–water partition coefficient (Wildman–Crippen LogP) is 3.15. The first-order chi connectivity index (χ1) is 17.6. The Morgan fingerprint density at radius 2 is 1.83 bits per heavy atom. The predicted molar refractivity (Wildman–Crippen MR) is 130 cm³/mol. The molecule has 1 saturated heterocycles. The molecular formula is C27H23N3O6. The zero-order valence-corrected chi connectivity index (χ0v) is 19.4. The van der Waals surface area contributed by atoms with Crippen molar-refractivity contribution in [2.24, 2.45) is 0 Å². The summed E-state index contributed by atoms with van der Waals surface area (Å²) in [7, 11) is 0. The van der Waals surface area contributed by atoms with Crippen LogP contribution < -0.4 is 23.8 Å². The molecule has 2 aromatic carbocycles. The van der Waals surface area contributed by atoms with Gasteiger partial charge in [-0.05, 0) is 48.0 Å². The van der Waals surface area contributed by atoms with E-state index in [-0.39, 0.29) is 30.8 Å². The van der Waals surface area contributed by atoms with Crippen molar-refractivity contribution in [2.75, 3.05) is 44.5 Å². The van der Waals surface area contributed by atoms with Crippen LogP contribution in [0.4, 0.5) is 5.82 Å². The fourth-order valence-electron chi connectivity index (χ4n) is 4.37. The molecule has 4 heterocycles. The van der Waals surface area contributed by atoms with Crippen LogP contribution in [0.25, 0.3) is 6.08 Å². The van der Waals surface area contributed by atoms with E-state index in [0.717, 1.165) is 24.5 Å². The molecule has 0 N–H and O–H groups in total. The third kappa shape index (κ3) is 4.31. The molecule has 1 aromatic heterocycles. The number of ketones is 1. The van der Waals surface area contributed by atoms with E-state index in [0.29, 0.717) is 41.7 Å². The van der Waals surface area contributed by atoms with Crippen molar-refractivity contribution in [2.45, 2.75) is 0 Å². The number of anilines is 1. The second-order valence-electron chi connectivity index (χ2n) is 8.55. The Labute approximate surface area is 207 Å². The topological polar surface area (TPSA) is 90.4 Å². The van der Waals surface area contributed by atoms with Gasteiger partial charge in [0.15, 0.2) is 23.9 Å². The number of ether oxygens (including phenoxy) is 4. The number of pyridine rings is 1. The van der Waals surface area contributed by atoms with Gasteiger partial charge in [-0.3, -0.25) is 9.59 Å². The second kappa shape index (κ2) is 9.26. The van der Waals surface area contributed by atoms with Gasteiger partial charge in [0.1, 0.15) is 17.3 Å². The molecule has 0 atom stereocenters. The zero-order chi connectivity index (χ0) is 24.5. The van der Waals surface area contributed by atoms with Crippen molar-refractivity contribution in [3.05, 3.63) is 77.7 Å². The lowest BCUT2D eigenvalue weighted by Crippen LogP contribution is -2.50. The smallest absolute Gasteiger partial charge is 0.260 e. The number of nitrogens with zero attached hydrogens (tertiary/aromatic N) is 3. The number of hydrogen-bond donors (Lipinski definition) is 0. The van der Waals surface area contributed by atoms with Crippen LogP contribution in [0.5, 0.6) is 23.0 Å². The summed E-state index contributed by atoms with van der Waals surface area (Å²) in [5, 5.41) is 0. The highest BCUT2D eigenvalue weighted by Gasteiger charge is 2.28.